The largest absolute Gasteiger partial charge is 1.00 e. The van der Waals surface area contributed by atoms with Crippen molar-refractivity contribution in [3.8, 4) is 0 Å². The van der Waals surface area contributed by atoms with Gasteiger partial charge in [-0.15, -0.1) is 0 Å². The molecule has 0 aromatic rings. The van der Waals surface area contributed by atoms with Gasteiger partial charge in [-0.3, -0.25) is 31.9 Å². The topological polar surface area (TPSA) is 427 Å². The Kier molecular flexibility index (Phi) is 132. The molecule has 0 aliphatic rings. The van der Waals surface area contributed by atoms with E-state index < -0.39 is 93.2 Å². The molecule has 0 aromatic carbocycles. The van der Waals surface area contributed by atoms with Gasteiger partial charge in [-0.2, -0.15) is 0 Å². The summed E-state index contributed by atoms with van der Waals surface area (Å²) < 4.78 is 109. The smallest absolute Gasteiger partial charge is 0.726 e. The van der Waals surface area contributed by atoms with Crippen molar-refractivity contribution in [1.82, 2.24) is 9.80 Å². The molecule has 0 saturated heterocycles. The molecular weight excluding hydrogens is 1580 g/mol. The molecule has 26 nitrogen and oxygen atoms in total. The third kappa shape index (κ3) is 146. The number of carboxylic acids is 5. The van der Waals surface area contributed by atoms with Gasteiger partial charge in [0.2, 0.25) is 31.2 Å². The van der Waals surface area contributed by atoms with E-state index in [1.54, 1.807) is 0 Å². The first-order chi connectivity index (χ1) is 51.0. The number of nitrogens with zero attached hydrogens (tertiary/aromatic N) is 2. The molecule has 0 heterocycles. The molecule has 0 aromatic heterocycles. The van der Waals surface area contributed by atoms with Crippen molar-refractivity contribution in [2.45, 2.75) is 387 Å². The van der Waals surface area contributed by atoms with Gasteiger partial charge in [0.05, 0.1) is 57.4 Å². The number of ether oxygens (including phenoxy) is 1. The predicted octanol–water partition coefficient (Wildman–Crippen LogP) is -3.57. The van der Waals surface area contributed by atoms with Gasteiger partial charge in [-0.1, -0.05) is 362 Å². The zero-order valence-electron chi connectivity index (χ0n) is 72.8. The second-order valence-corrected chi connectivity index (χ2v) is 31.0. The van der Waals surface area contributed by atoms with E-state index in [9.17, 15) is 83.0 Å². The molecule has 0 saturated carbocycles. The van der Waals surface area contributed by atoms with Gasteiger partial charge < -0.3 is 58.3 Å². The SMILES string of the molecule is CCCCCCCCCCCCCCCCCCOC(=O)/C=C/C(=O)[O-].CCCCCCCCCCCCCCCCCCOS(=O)(=O)[O-].CCCCCCCCCCCCCCCCOS(=O)(=O)[O-].CCCCCCCCCCCCOS(=O)(=O)[O-].O=C([O-])CN(CCN(CC(=O)[O-])CC(=O)O)CC(=O)O.[Na+].[Na+].[Na+].[Na+].[Na+].[Na+]. The normalized spacial score (nSPS) is 10.9. The first-order valence-corrected chi connectivity index (χ1v) is 45.2. The molecular formula is C78H148N2Na6O24S3. The number of esters is 1. The van der Waals surface area contributed by atoms with Gasteiger partial charge in [0.15, 0.2) is 0 Å². The maximum atomic E-state index is 11.1. The van der Waals surface area contributed by atoms with Crippen LogP contribution in [0.5, 0.6) is 0 Å². The van der Waals surface area contributed by atoms with Crippen LogP contribution in [0.3, 0.4) is 0 Å². The van der Waals surface area contributed by atoms with Crippen molar-refractivity contribution in [3.05, 3.63) is 12.2 Å². The third-order valence-corrected chi connectivity index (χ3v) is 18.8. The van der Waals surface area contributed by atoms with Crippen LogP contribution in [0.2, 0.25) is 0 Å². The van der Waals surface area contributed by atoms with Crippen LogP contribution in [-0.4, -0.2) is 160 Å². The van der Waals surface area contributed by atoms with Crippen molar-refractivity contribution in [2.75, 3.05) is 65.7 Å². The van der Waals surface area contributed by atoms with Crippen LogP contribution in [-0.2, 0) is 77.3 Å². The molecule has 0 amide bonds. The maximum Gasteiger partial charge on any atom is 1.00 e. The van der Waals surface area contributed by atoms with Crippen LogP contribution >= 0.6 is 0 Å². The van der Waals surface area contributed by atoms with E-state index in [1.165, 1.54) is 289 Å². The number of hydrogen-bond acceptors (Lipinski definition) is 24. The Morgan fingerprint density at radius 1 is 0.274 bits per heavy atom. The molecule has 2 N–H and O–H groups in total. The van der Waals surface area contributed by atoms with Crippen molar-refractivity contribution < 1.29 is 288 Å². The quantitative estimate of drug-likeness (QED) is 0.0149. The summed E-state index contributed by atoms with van der Waals surface area (Å²) in [7, 11) is -13.5. The molecule has 0 atom stereocenters. The molecule has 0 bridgehead atoms. The van der Waals surface area contributed by atoms with Crippen LogP contribution in [0.15, 0.2) is 12.2 Å². The zero-order valence-corrected chi connectivity index (χ0v) is 87.3. The van der Waals surface area contributed by atoms with Crippen LogP contribution in [0, 0.1) is 0 Å². The molecule has 0 fully saturated rings. The predicted molar refractivity (Wildman–Crippen MR) is 411 cm³/mol. The van der Waals surface area contributed by atoms with Crippen molar-refractivity contribution in [2.24, 2.45) is 0 Å². The van der Waals surface area contributed by atoms with E-state index in [0.717, 1.165) is 67.2 Å². The fraction of sp³-hybridized carbons (Fsp3) is 0.897. The van der Waals surface area contributed by atoms with Gasteiger partial charge in [0.25, 0.3) is 0 Å². The van der Waals surface area contributed by atoms with Crippen LogP contribution in [0.4, 0.5) is 0 Å². The average molecular weight is 1730 g/mol. The number of hydrogen-bond donors (Lipinski definition) is 2. The summed E-state index contributed by atoms with van der Waals surface area (Å²) in [6, 6.07) is 0. The minimum Gasteiger partial charge on any atom is -0.726 e. The average Bonchev–Trinajstić information content (AvgIpc) is 0.930. The Bertz CT molecular complexity index is 2350. The Labute approximate surface area is 819 Å². The number of carbonyl (C=O) groups is 6. The van der Waals surface area contributed by atoms with Crippen molar-refractivity contribution in [3.63, 3.8) is 0 Å². The van der Waals surface area contributed by atoms with Gasteiger partial charge in [0, 0.05) is 32.3 Å². The number of rotatable bonds is 76. The first-order valence-electron chi connectivity index (χ1n) is 41.2. The maximum absolute atomic E-state index is 11.1. The molecule has 0 aliphatic heterocycles. The molecule has 0 aliphatic carbocycles. The van der Waals surface area contributed by atoms with Gasteiger partial charge in [0.1, 0.15) is 0 Å². The molecule has 0 unspecified atom stereocenters. The summed E-state index contributed by atoms with van der Waals surface area (Å²) in [5, 5.41) is 48.2. The third-order valence-electron chi connectivity index (χ3n) is 17.4. The van der Waals surface area contributed by atoms with Crippen LogP contribution < -0.4 is 193 Å². The van der Waals surface area contributed by atoms with E-state index in [4.69, 9.17) is 14.9 Å². The standard InChI is InChI=1S/C22H40O4.C18H38O4S.C16H34O4S.C12H26O4S.C10H16N2O8.6Na/c1-2-3-4-5-6-7-8-9-10-11-12-13-14-15-16-17-20-26-22(25)19-18-21(23)24;1-2-3-4-5-6-7-8-9-10-11-12-13-14-15-16-17-18-22-23(19,20)21;1-2-3-4-5-6-7-8-9-10-11-12-13-14-15-16-20-21(17,18)19;1-2-3-4-5-6-7-8-9-10-11-12-16-17(13,14)15;13-7(14)3-11(4-8(15)16)1-2-12(5-9(17)18)6-10(19)20;;;;;;/h18-19H,2-17,20H2,1H3,(H,23,24);2-18H2,1H3,(H,19,20,21);2-16H2,1H3,(H,17,18,19);2-12H2,1H3,(H,13,14,15);1-6H2,(H,13,14)(H,15,16)(H,17,18)(H,19,20);;;;;;/q;;;;;6*+1/p-6/b19-18+;;;;;;;;;;. The van der Waals surface area contributed by atoms with E-state index >= 15 is 0 Å². The van der Waals surface area contributed by atoms with Crippen molar-refractivity contribution >= 4 is 67.0 Å². The molecule has 0 spiro atoms. The minimum atomic E-state index is -4.49. The van der Waals surface area contributed by atoms with E-state index in [2.05, 4.69) is 40.2 Å². The molecule has 638 valence electrons. The van der Waals surface area contributed by atoms with Crippen LogP contribution in [0.1, 0.15) is 387 Å². The monoisotopic (exact) mass is 1730 g/mol. The summed E-state index contributed by atoms with van der Waals surface area (Å²) >= 11 is 0. The number of carboxylic acid groups (broad SMARTS) is 5. The Morgan fingerprint density at radius 3 is 0.593 bits per heavy atom. The summed E-state index contributed by atoms with van der Waals surface area (Å²) in [6.07, 6.45) is 71.9. The minimum absolute atomic E-state index is 0. The Hall–Kier alpha value is 2.09. The van der Waals surface area contributed by atoms with Gasteiger partial charge >= 0.3 is 195 Å². The second kappa shape index (κ2) is 108. The van der Waals surface area contributed by atoms with Gasteiger partial charge in [-0.25, -0.2) is 30.0 Å². The van der Waals surface area contributed by atoms with E-state index in [0.29, 0.717) is 31.9 Å². The van der Waals surface area contributed by atoms with Crippen LogP contribution in [0.25, 0.3) is 0 Å². The van der Waals surface area contributed by atoms with Crippen molar-refractivity contribution in [1.29, 1.82) is 0 Å². The number of carbonyl (C=O) groups excluding carboxylic acids is 4. The molecule has 0 rings (SSSR count). The first kappa shape index (κ1) is 138. The molecule has 35 heteroatoms. The van der Waals surface area contributed by atoms with E-state index in [-0.39, 0.29) is 210 Å². The molecule has 113 heavy (non-hydrogen) atoms. The van der Waals surface area contributed by atoms with Gasteiger partial charge in [-0.05, 0) is 31.8 Å². The summed E-state index contributed by atoms with van der Waals surface area (Å²) in [5.41, 5.74) is 0. The Balaban J connectivity index is -0.000000127. The zero-order chi connectivity index (χ0) is 81.0. The number of aliphatic carboxylic acids is 5. The number of unbranched alkanes of at least 4 members (excludes halogenated alkanes) is 52. The molecule has 0 radical (unpaired) electrons. The fourth-order valence-electron chi connectivity index (χ4n) is 11.5. The van der Waals surface area contributed by atoms with E-state index in [1.807, 2.05) is 0 Å². The summed E-state index contributed by atoms with van der Waals surface area (Å²) in [4.78, 5) is 65.1. The summed E-state index contributed by atoms with van der Waals surface area (Å²) in [6.45, 7) is 6.68. The summed E-state index contributed by atoms with van der Waals surface area (Å²) in [5.74, 6) is -7.52. The Morgan fingerprint density at radius 2 is 0.442 bits per heavy atom. The fourth-order valence-corrected chi connectivity index (χ4v) is 12.5. The second-order valence-electron chi connectivity index (χ2n) is 27.8.